The van der Waals surface area contributed by atoms with E-state index >= 15 is 0 Å². The van der Waals surface area contributed by atoms with Crippen LogP contribution in [0.5, 0.6) is 0 Å². The number of ether oxygens (including phenoxy) is 1. The van der Waals surface area contributed by atoms with E-state index in [1.807, 2.05) is 7.05 Å². The minimum absolute atomic E-state index is 0. The third-order valence-electron chi connectivity index (χ3n) is 4.78. The van der Waals surface area contributed by atoms with Crippen LogP contribution in [0.15, 0.2) is 33.7 Å². The number of likely N-dealkylation sites (N-methyl/N-ethyl adjacent to an activating group) is 1. The molecule has 0 amide bonds. The fraction of sp³-hybridized carbons (Fsp3) is 0.632. The summed E-state index contributed by atoms with van der Waals surface area (Å²) in [6, 6.07) is 8.66. The molecule has 1 aromatic carbocycles. The first-order valence-corrected chi connectivity index (χ1v) is 9.77. The van der Waals surface area contributed by atoms with Crippen LogP contribution in [-0.2, 0) is 10.2 Å². The molecule has 0 aromatic heterocycles. The Morgan fingerprint density at radius 1 is 1.31 bits per heavy atom. The SMILES string of the molecule is CN=C(NCCN(C)CCCOC)NCC1(c2cccc(Br)c2)CC1.I. The molecule has 0 atom stereocenters. The summed E-state index contributed by atoms with van der Waals surface area (Å²) in [4.78, 5) is 6.66. The molecule has 7 heteroatoms. The number of methoxy groups -OCH3 is 1. The Balaban J connectivity index is 0.00000338. The van der Waals surface area contributed by atoms with E-state index in [0.717, 1.165) is 49.6 Å². The summed E-state index contributed by atoms with van der Waals surface area (Å²) in [5.41, 5.74) is 1.67. The van der Waals surface area contributed by atoms with Crippen LogP contribution in [0, 0.1) is 0 Å². The highest BCUT2D eigenvalue weighted by Crippen LogP contribution is 2.48. The van der Waals surface area contributed by atoms with E-state index < -0.39 is 0 Å². The lowest BCUT2D eigenvalue weighted by molar-refractivity contribution is 0.180. The Hall–Kier alpha value is -0.380. The van der Waals surface area contributed by atoms with Gasteiger partial charge in [0.05, 0.1) is 0 Å². The quantitative estimate of drug-likeness (QED) is 0.208. The number of nitrogens with one attached hydrogen (secondary N) is 2. The van der Waals surface area contributed by atoms with Gasteiger partial charge in [0.2, 0.25) is 0 Å². The van der Waals surface area contributed by atoms with Crippen molar-refractivity contribution in [2.24, 2.45) is 4.99 Å². The largest absolute Gasteiger partial charge is 0.385 e. The van der Waals surface area contributed by atoms with Gasteiger partial charge in [-0.25, -0.2) is 0 Å². The molecule has 2 rings (SSSR count). The second-order valence-electron chi connectivity index (χ2n) is 6.79. The molecule has 0 unspecified atom stereocenters. The standard InChI is InChI=1S/C19H31BrN4O.HI/c1-21-18(22-10-12-24(2)11-5-13-25-3)23-15-19(8-9-19)16-6-4-7-17(20)14-16;/h4,6-7,14H,5,8-13,15H2,1-3H3,(H2,21,22,23);1H. The highest BCUT2D eigenvalue weighted by atomic mass is 127. The Labute approximate surface area is 183 Å². The maximum atomic E-state index is 5.09. The van der Waals surface area contributed by atoms with Crippen LogP contribution in [-0.4, -0.2) is 64.9 Å². The van der Waals surface area contributed by atoms with Crippen LogP contribution in [0.2, 0.25) is 0 Å². The van der Waals surface area contributed by atoms with Crippen molar-refractivity contribution in [3.05, 3.63) is 34.3 Å². The first kappa shape index (κ1) is 23.7. The molecule has 0 saturated heterocycles. The van der Waals surface area contributed by atoms with Gasteiger partial charge in [-0.3, -0.25) is 4.99 Å². The molecule has 5 nitrogen and oxygen atoms in total. The predicted octanol–water partition coefficient (Wildman–Crippen LogP) is 3.23. The predicted molar refractivity (Wildman–Crippen MR) is 124 cm³/mol. The van der Waals surface area contributed by atoms with Crippen molar-refractivity contribution < 1.29 is 4.74 Å². The highest BCUT2D eigenvalue weighted by molar-refractivity contribution is 14.0. The Bertz CT molecular complexity index is 566. The summed E-state index contributed by atoms with van der Waals surface area (Å²) in [5, 5.41) is 6.91. The van der Waals surface area contributed by atoms with Crippen LogP contribution >= 0.6 is 39.9 Å². The van der Waals surface area contributed by atoms with Crippen molar-refractivity contribution in [2.45, 2.75) is 24.7 Å². The van der Waals surface area contributed by atoms with Crippen molar-refractivity contribution in [2.75, 3.05) is 54.0 Å². The number of nitrogens with zero attached hydrogens (tertiary/aromatic N) is 2. The molecular formula is C19H32BrIN4O. The Kier molecular flexibility index (Phi) is 11.1. The topological polar surface area (TPSA) is 48.9 Å². The van der Waals surface area contributed by atoms with Gasteiger partial charge in [-0.15, -0.1) is 24.0 Å². The molecule has 0 bridgehead atoms. The minimum atomic E-state index is 0. The molecule has 0 radical (unpaired) electrons. The Morgan fingerprint density at radius 3 is 2.69 bits per heavy atom. The van der Waals surface area contributed by atoms with E-state index in [2.05, 4.69) is 67.8 Å². The van der Waals surface area contributed by atoms with Gasteiger partial charge in [-0.05, 0) is 44.0 Å². The summed E-state index contributed by atoms with van der Waals surface area (Å²) >= 11 is 3.58. The van der Waals surface area contributed by atoms with E-state index in [4.69, 9.17) is 4.74 Å². The molecule has 0 heterocycles. The molecule has 1 fully saturated rings. The molecule has 0 aliphatic heterocycles. The van der Waals surface area contributed by atoms with Gasteiger partial charge in [0.1, 0.15) is 0 Å². The average Bonchev–Trinajstić information content (AvgIpc) is 3.39. The van der Waals surface area contributed by atoms with E-state index in [1.165, 1.54) is 18.4 Å². The lowest BCUT2D eigenvalue weighted by Crippen LogP contribution is -2.43. The van der Waals surface area contributed by atoms with Gasteiger partial charge in [0.25, 0.3) is 0 Å². The third kappa shape index (κ3) is 7.70. The molecule has 1 aliphatic rings. The molecule has 1 aromatic rings. The van der Waals surface area contributed by atoms with E-state index in [1.54, 1.807) is 7.11 Å². The van der Waals surface area contributed by atoms with E-state index in [9.17, 15) is 0 Å². The maximum Gasteiger partial charge on any atom is 0.191 e. The zero-order valence-corrected chi connectivity index (χ0v) is 20.0. The van der Waals surface area contributed by atoms with E-state index in [-0.39, 0.29) is 29.4 Å². The summed E-state index contributed by atoms with van der Waals surface area (Å²) < 4.78 is 6.24. The van der Waals surface area contributed by atoms with Gasteiger partial charge < -0.3 is 20.3 Å². The zero-order valence-electron chi connectivity index (χ0n) is 16.1. The number of aliphatic imine (C=N–C) groups is 1. The van der Waals surface area contributed by atoms with Crippen molar-refractivity contribution in [3.63, 3.8) is 0 Å². The van der Waals surface area contributed by atoms with Gasteiger partial charge >= 0.3 is 0 Å². The average molecular weight is 539 g/mol. The van der Waals surface area contributed by atoms with Gasteiger partial charge in [0, 0.05) is 56.8 Å². The molecule has 1 aliphatic carbocycles. The van der Waals surface area contributed by atoms with Crippen LogP contribution in [0.25, 0.3) is 0 Å². The van der Waals surface area contributed by atoms with Crippen molar-refractivity contribution in [3.8, 4) is 0 Å². The molecule has 1 saturated carbocycles. The molecule has 0 spiro atoms. The normalized spacial score (nSPS) is 15.5. The van der Waals surface area contributed by atoms with Crippen LogP contribution in [0.1, 0.15) is 24.8 Å². The first-order valence-electron chi connectivity index (χ1n) is 8.98. The number of hydrogen-bond donors (Lipinski definition) is 2. The van der Waals surface area contributed by atoms with Crippen LogP contribution in [0.3, 0.4) is 0 Å². The molecular weight excluding hydrogens is 507 g/mol. The number of guanidine groups is 1. The lowest BCUT2D eigenvalue weighted by atomic mass is 9.96. The number of halogens is 2. The summed E-state index contributed by atoms with van der Waals surface area (Å²) in [5.74, 6) is 0.881. The second-order valence-corrected chi connectivity index (χ2v) is 7.71. The fourth-order valence-electron chi connectivity index (χ4n) is 2.97. The zero-order chi connectivity index (χ0) is 18.1. The van der Waals surface area contributed by atoms with Crippen molar-refractivity contribution in [1.82, 2.24) is 15.5 Å². The first-order chi connectivity index (χ1) is 12.1. The van der Waals surface area contributed by atoms with Crippen LogP contribution in [0.4, 0.5) is 0 Å². The maximum absolute atomic E-state index is 5.09. The molecule has 26 heavy (non-hydrogen) atoms. The number of rotatable bonds is 10. The minimum Gasteiger partial charge on any atom is -0.385 e. The smallest absolute Gasteiger partial charge is 0.191 e. The van der Waals surface area contributed by atoms with Gasteiger partial charge in [0.15, 0.2) is 5.96 Å². The monoisotopic (exact) mass is 538 g/mol. The fourth-order valence-corrected chi connectivity index (χ4v) is 3.37. The highest BCUT2D eigenvalue weighted by Gasteiger charge is 2.44. The number of benzene rings is 1. The summed E-state index contributed by atoms with van der Waals surface area (Å²) in [6.45, 7) is 4.66. The van der Waals surface area contributed by atoms with E-state index in [0.29, 0.717) is 0 Å². The second kappa shape index (κ2) is 12.2. The van der Waals surface area contributed by atoms with Gasteiger partial charge in [-0.1, -0.05) is 28.1 Å². The summed E-state index contributed by atoms with van der Waals surface area (Å²) in [6.07, 6.45) is 3.53. The van der Waals surface area contributed by atoms with Gasteiger partial charge in [-0.2, -0.15) is 0 Å². The van der Waals surface area contributed by atoms with Crippen molar-refractivity contribution >= 4 is 45.9 Å². The molecule has 148 valence electrons. The third-order valence-corrected chi connectivity index (χ3v) is 5.28. The van der Waals surface area contributed by atoms with Crippen LogP contribution < -0.4 is 10.6 Å². The van der Waals surface area contributed by atoms with Crippen molar-refractivity contribution in [1.29, 1.82) is 0 Å². The summed E-state index contributed by atoms with van der Waals surface area (Å²) in [7, 11) is 5.72. The number of hydrogen-bond acceptors (Lipinski definition) is 3. The lowest BCUT2D eigenvalue weighted by Gasteiger charge is -2.21. The Morgan fingerprint density at radius 2 is 2.08 bits per heavy atom. The molecule has 2 N–H and O–H groups in total.